The van der Waals surface area contributed by atoms with Gasteiger partial charge in [0, 0.05) is 41.1 Å². The largest absolute Gasteiger partial charge is 0.348 e. The number of nitrogens with zero attached hydrogens (tertiary/aromatic N) is 2. The number of rotatable bonds is 6. The number of amides is 2. The van der Waals surface area contributed by atoms with Gasteiger partial charge in [-0.1, -0.05) is 26.0 Å². The summed E-state index contributed by atoms with van der Waals surface area (Å²) >= 11 is 1.54. The Morgan fingerprint density at radius 1 is 1.18 bits per heavy atom. The van der Waals surface area contributed by atoms with Gasteiger partial charge in [0.05, 0.1) is 5.56 Å². The van der Waals surface area contributed by atoms with Gasteiger partial charge in [0.1, 0.15) is 0 Å². The monoisotopic (exact) mass is 396 g/mol. The maximum atomic E-state index is 12.7. The average molecular weight is 397 g/mol. The smallest absolute Gasteiger partial charge is 0.253 e. The Kier molecular flexibility index (Phi) is 5.94. The minimum atomic E-state index is -0.118. The molecule has 3 rings (SSSR count). The fraction of sp³-hybridized carbons (Fsp3) is 0.286. The Balaban J connectivity index is 1.65. The van der Waals surface area contributed by atoms with Gasteiger partial charge in [-0.3, -0.25) is 14.2 Å². The Hall–Kier alpha value is -2.93. The zero-order valence-electron chi connectivity index (χ0n) is 16.4. The Labute approximate surface area is 168 Å². The number of thiazole rings is 1. The lowest BCUT2D eigenvalue weighted by atomic mass is 10.1. The van der Waals surface area contributed by atoms with Crippen LogP contribution in [0.5, 0.6) is 0 Å². The third kappa shape index (κ3) is 4.31. The fourth-order valence-corrected chi connectivity index (χ4v) is 3.63. The van der Waals surface area contributed by atoms with Crippen LogP contribution in [0.25, 0.3) is 5.13 Å². The highest BCUT2D eigenvalue weighted by atomic mass is 32.1. The second-order valence-electron chi connectivity index (χ2n) is 6.96. The first-order valence-corrected chi connectivity index (χ1v) is 10.0. The van der Waals surface area contributed by atoms with Gasteiger partial charge in [0.15, 0.2) is 5.13 Å². The molecule has 0 spiro atoms. The molecule has 2 N–H and O–H groups in total. The number of nitrogens with one attached hydrogen (secondary N) is 2. The molecule has 1 aromatic carbocycles. The lowest BCUT2D eigenvalue weighted by Crippen LogP contribution is -2.23. The third-order valence-corrected chi connectivity index (χ3v) is 5.24. The summed E-state index contributed by atoms with van der Waals surface area (Å²) in [6.45, 7) is 8.01. The highest BCUT2D eigenvalue weighted by Crippen LogP contribution is 2.22. The molecule has 0 aliphatic carbocycles. The zero-order chi connectivity index (χ0) is 20.3. The number of anilines is 1. The summed E-state index contributed by atoms with van der Waals surface area (Å²) in [6, 6.07) is 9.37. The van der Waals surface area contributed by atoms with E-state index in [2.05, 4.69) is 15.6 Å². The van der Waals surface area contributed by atoms with E-state index in [0.29, 0.717) is 12.1 Å². The van der Waals surface area contributed by atoms with Crippen molar-refractivity contribution in [3.8, 4) is 5.13 Å². The predicted octanol–water partition coefficient (Wildman–Crippen LogP) is 4.08. The van der Waals surface area contributed by atoms with E-state index in [0.717, 1.165) is 27.8 Å². The molecule has 2 amide bonds. The van der Waals surface area contributed by atoms with Crippen LogP contribution in [0.4, 0.5) is 5.69 Å². The molecule has 146 valence electrons. The standard InChI is InChI=1S/C21H24N4O2S/c1-13(2)19(26)24-17-7-5-16(6-8-17)12-23-20(27)18-11-14(3)25(15(18)4)21-22-9-10-28-21/h5-11,13H,12H2,1-4H3,(H,23,27)(H,24,26). The topological polar surface area (TPSA) is 76.0 Å². The van der Waals surface area contributed by atoms with Crippen LogP contribution in [0.1, 0.15) is 41.2 Å². The molecule has 0 atom stereocenters. The van der Waals surface area contributed by atoms with Crippen LogP contribution >= 0.6 is 11.3 Å². The highest BCUT2D eigenvalue weighted by Gasteiger charge is 2.17. The van der Waals surface area contributed by atoms with Crippen LogP contribution in [-0.4, -0.2) is 21.4 Å². The van der Waals surface area contributed by atoms with Crippen LogP contribution in [0.2, 0.25) is 0 Å². The van der Waals surface area contributed by atoms with Gasteiger partial charge in [0.2, 0.25) is 5.91 Å². The number of carbonyl (C=O) groups is 2. The van der Waals surface area contributed by atoms with Crippen molar-refractivity contribution < 1.29 is 9.59 Å². The summed E-state index contributed by atoms with van der Waals surface area (Å²) in [5.74, 6) is -0.202. The first-order valence-electron chi connectivity index (χ1n) is 9.13. The lowest BCUT2D eigenvalue weighted by Gasteiger charge is -2.09. The molecule has 28 heavy (non-hydrogen) atoms. The number of hydrogen-bond donors (Lipinski definition) is 2. The zero-order valence-corrected chi connectivity index (χ0v) is 17.3. The van der Waals surface area contributed by atoms with E-state index in [1.54, 1.807) is 6.20 Å². The summed E-state index contributed by atoms with van der Waals surface area (Å²) < 4.78 is 1.99. The Morgan fingerprint density at radius 3 is 2.50 bits per heavy atom. The summed E-state index contributed by atoms with van der Waals surface area (Å²) in [5, 5.41) is 8.59. The number of hydrogen-bond acceptors (Lipinski definition) is 4. The lowest BCUT2D eigenvalue weighted by molar-refractivity contribution is -0.118. The van der Waals surface area contributed by atoms with Crippen molar-refractivity contribution in [2.75, 3.05) is 5.32 Å². The molecular formula is C21H24N4O2S. The molecule has 0 aliphatic rings. The van der Waals surface area contributed by atoms with Gasteiger partial charge >= 0.3 is 0 Å². The number of carbonyl (C=O) groups excluding carboxylic acids is 2. The van der Waals surface area contributed by atoms with Gasteiger partial charge in [0.25, 0.3) is 5.91 Å². The van der Waals surface area contributed by atoms with E-state index in [4.69, 9.17) is 0 Å². The van der Waals surface area contributed by atoms with Gasteiger partial charge in [-0.25, -0.2) is 4.98 Å². The summed E-state index contributed by atoms with van der Waals surface area (Å²) in [7, 11) is 0. The molecule has 0 unspecified atom stereocenters. The van der Waals surface area contributed by atoms with Crippen molar-refractivity contribution >= 4 is 28.8 Å². The summed E-state index contributed by atoms with van der Waals surface area (Å²) in [6.07, 6.45) is 1.76. The van der Waals surface area contributed by atoms with Crippen molar-refractivity contribution in [1.29, 1.82) is 0 Å². The van der Waals surface area contributed by atoms with Crippen molar-refractivity contribution in [3.05, 3.63) is 64.4 Å². The van der Waals surface area contributed by atoms with Crippen molar-refractivity contribution in [2.24, 2.45) is 5.92 Å². The Morgan fingerprint density at radius 2 is 1.89 bits per heavy atom. The molecule has 0 radical (unpaired) electrons. The third-order valence-electron chi connectivity index (χ3n) is 4.49. The summed E-state index contributed by atoms with van der Waals surface area (Å²) in [5.41, 5.74) is 4.21. The first kappa shape index (κ1) is 19.8. The normalized spacial score (nSPS) is 10.9. The molecular weight excluding hydrogens is 372 g/mol. The Bertz CT molecular complexity index is 973. The molecule has 0 bridgehead atoms. The molecule has 2 heterocycles. The van der Waals surface area contributed by atoms with E-state index in [1.807, 2.05) is 68.0 Å². The highest BCUT2D eigenvalue weighted by molar-refractivity contribution is 7.12. The summed E-state index contributed by atoms with van der Waals surface area (Å²) in [4.78, 5) is 28.7. The molecule has 3 aromatic rings. The molecule has 7 heteroatoms. The molecule has 6 nitrogen and oxygen atoms in total. The number of benzene rings is 1. The minimum Gasteiger partial charge on any atom is -0.348 e. The number of aryl methyl sites for hydroxylation is 1. The van der Waals surface area contributed by atoms with Gasteiger partial charge in [-0.2, -0.15) is 0 Å². The van der Waals surface area contributed by atoms with E-state index in [9.17, 15) is 9.59 Å². The maximum Gasteiger partial charge on any atom is 0.253 e. The van der Waals surface area contributed by atoms with Crippen LogP contribution in [0.3, 0.4) is 0 Å². The van der Waals surface area contributed by atoms with E-state index < -0.39 is 0 Å². The van der Waals surface area contributed by atoms with Crippen LogP contribution in [-0.2, 0) is 11.3 Å². The fourth-order valence-electron chi connectivity index (χ4n) is 2.88. The van der Waals surface area contributed by atoms with Gasteiger partial charge in [-0.15, -0.1) is 11.3 Å². The van der Waals surface area contributed by atoms with Crippen molar-refractivity contribution in [3.63, 3.8) is 0 Å². The maximum absolute atomic E-state index is 12.7. The van der Waals surface area contributed by atoms with Crippen molar-refractivity contribution in [1.82, 2.24) is 14.9 Å². The second-order valence-corrected chi connectivity index (χ2v) is 7.83. The van der Waals surface area contributed by atoms with Crippen LogP contribution in [0.15, 0.2) is 41.9 Å². The molecule has 2 aromatic heterocycles. The average Bonchev–Trinajstić information content (AvgIpc) is 3.28. The van der Waals surface area contributed by atoms with Gasteiger partial charge < -0.3 is 10.6 Å². The van der Waals surface area contributed by atoms with E-state index in [1.165, 1.54) is 11.3 Å². The number of aromatic nitrogens is 2. The van der Waals surface area contributed by atoms with Crippen LogP contribution < -0.4 is 10.6 Å². The molecule has 0 aliphatic heterocycles. The predicted molar refractivity (Wildman–Crippen MR) is 112 cm³/mol. The first-order chi connectivity index (χ1) is 13.4. The quantitative estimate of drug-likeness (QED) is 0.659. The van der Waals surface area contributed by atoms with E-state index >= 15 is 0 Å². The molecule has 0 saturated heterocycles. The van der Waals surface area contributed by atoms with Gasteiger partial charge in [-0.05, 0) is 37.6 Å². The SMILES string of the molecule is Cc1cc(C(=O)NCc2ccc(NC(=O)C(C)C)cc2)c(C)n1-c1nccs1. The molecule has 0 fully saturated rings. The minimum absolute atomic E-state index is 0.0170. The molecule has 0 saturated carbocycles. The second kappa shape index (κ2) is 8.39. The van der Waals surface area contributed by atoms with Crippen LogP contribution in [0, 0.1) is 19.8 Å². The van der Waals surface area contributed by atoms with Crippen molar-refractivity contribution in [2.45, 2.75) is 34.2 Å². The van der Waals surface area contributed by atoms with E-state index in [-0.39, 0.29) is 17.7 Å².